The van der Waals surface area contributed by atoms with E-state index in [1.165, 1.54) is 18.5 Å². The predicted molar refractivity (Wildman–Crippen MR) is 97.8 cm³/mol. The molecule has 1 fully saturated rings. The number of nitrogens with one attached hydrogen (secondary N) is 2. The van der Waals surface area contributed by atoms with Gasteiger partial charge in [0.05, 0.1) is 17.9 Å². The summed E-state index contributed by atoms with van der Waals surface area (Å²) in [5.74, 6) is -0.694. The van der Waals surface area contributed by atoms with Crippen molar-refractivity contribution in [3.05, 3.63) is 86.5 Å². The topological polar surface area (TPSA) is 110 Å². The first-order chi connectivity index (χ1) is 13.5. The Morgan fingerprint density at radius 3 is 2.68 bits per heavy atom. The first kappa shape index (κ1) is 17.8. The van der Waals surface area contributed by atoms with Crippen LogP contribution in [0.2, 0.25) is 0 Å². The van der Waals surface area contributed by atoms with E-state index in [0.29, 0.717) is 11.6 Å². The molecule has 0 saturated heterocycles. The van der Waals surface area contributed by atoms with Gasteiger partial charge in [-0.25, -0.2) is 23.7 Å². The first-order valence-electron chi connectivity index (χ1n) is 8.72. The van der Waals surface area contributed by atoms with Gasteiger partial charge in [-0.2, -0.15) is 0 Å². The highest BCUT2D eigenvalue weighted by Gasteiger charge is 2.25. The summed E-state index contributed by atoms with van der Waals surface area (Å²) in [7, 11) is 0. The highest BCUT2D eigenvalue weighted by molar-refractivity contribution is 5.93. The minimum absolute atomic E-state index is 0.121. The lowest BCUT2D eigenvalue weighted by atomic mass is 10.2. The number of carbonyl (C=O) groups excluding carboxylic acids is 1. The Labute approximate surface area is 158 Å². The van der Waals surface area contributed by atoms with Crippen LogP contribution in [0.1, 0.15) is 40.5 Å². The van der Waals surface area contributed by atoms with Gasteiger partial charge in [-0.3, -0.25) is 9.59 Å². The molecule has 142 valence electrons. The summed E-state index contributed by atoms with van der Waals surface area (Å²) < 4.78 is 13.9. The molecular formula is C19H16FN5O3. The molecule has 0 atom stereocenters. The fourth-order valence-corrected chi connectivity index (χ4v) is 2.84. The third-order valence-corrected chi connectivity index (χ3v) is 4.48. The second-order valence-electron chi connectivity index (χ2n) is 6.52. The van der Waals surface area contributed by atoms with E-state index >= 15 is 0 Å². The van der Waals surface area contributed by atoms with E-state index in [2.05, 4.69) is 20.3 Å². The van der Waals surface area contributed by atoms with Gasteiger partial charge >= 0.3 is 5.69 Å². The Kier molecular flexibility index (Phi) is 4.56. The van der Waals surface area contributed by atoms with Crippen LogP contribution in [-0.2, 0) is 6.54 Å². The number of hydrogen-bond donors (Lipinski definition) is 2. The van der Waals surface area contributed by atoms with E-state index in [9.17, 15) is 18.8 Å². The minimum Gasteiger partial charge on any atom is -0.346 e. The molecule has 8 nitrogen and oxygen atoms in total. The molecule has 2 heterocycles. The third-order valence-electron chi connectivity index (χ3n) is 4.48. The van der Waals surface area contributed by atoms with Crippen LogP contribution >= 0.6 is 0 Å². The molecule has 0 bridgehead atoms. The van der Waals surface area contributed by atoms with Crippen molar-refractivity contribution >= 4 is 5.91 Å². The molecule has 1 aromatic carbocycles. The monoisotopic (exact) mass is 381 g/mol. The molecule has 2 aromatic heterocycles. The van der Waals surface area contributed by atoms with Crippen molar-refractivity contribution in [1.29, 1.82) is 0 Å². The van der Waals surface area contributed by atoms with Gasteiger partial charge in [0, 0.05) is 17.8 Å². The van der Waals surface area contributed by atoms with Crippen molar-refractivity contribution in [3.8, 4) is 5.69 Å². The molecule has 3 aromatic rings. The molecule has 0 spiro atoms. The van der Waals surface area contributed by atoms with Crippen molar-refractivity contribution in [1.82, 2.24) is 24.8 Å². The minimum atomic E-state index is -0.797. The molecule has 1 aliphatic rings. The van der Waals surface area contributed by atoms with E-state index in [-0.39, 0.29) is 17.8 Å². The third kappa shape index (κ3) is 3.59. The quantitative estimate of drug-likeness (QED) is 0.692. The number of halogens is 1. The van der Waals surface area contributed by atoms with Crippen molar-refractivity contribution in [3.63, 3.8) is 0 Å². The summed E-state index contributed by atoms with van der Waals surface area (Å²) in [4.78, 5) is 47.9. The number of H-pyrrole nitrogens is 1. The molecule has 9 heteroatoms. The Morgan fingerprint density at radius 2 is 1.96 bits per heavy atom. The summed E-state index contributed by atoms with van der Waals surface area (Å²) in [5, 5.41) is 2.63. The van der Waals surface area contributed by atoms with E-state index in [4.69, 9.17) is 0 Å². The highest BCUT2D eigenvalue weighted by Crippen LogP contribution is 2.38. The number of aromatic amines is 1. The zero-order valence-electron chi connectivity index (χ0n) is 14.7. The van der Waals surface area contributed by atoms with Gasteiger partial charge in [0.15, 0.2) is 0 Å². The van der Waals surface area contributed by atoms with Crippen molar-refractivity contribution in [2.75, 3.05) is 0 Å². The lowest BCUT2D eigenvalue weighted by molar-refractivity contribution is 0.0948. The smallest absolute Gasteiger partial charge is 0.333 e. The largest absolute Gasteiger partial charge is 0.346 e. The van der Waals surface area contributed by atoms with Crippen molar-refractivity contribution in [2.45, 2.75) is 25.3 Å². The average Bonchev–Trinajstić information content (AvgIpc) is 3.53. The van der Waals surface area contributed by atoms with E-state index in [1.54, 1.807) is 0 Å². The van der Waals surface area contributed by atoms with Gasteiger partial charge in [0.2, 0.25) is 0 Å². The normalized spacial score (nSPS) is 13.3. The van der Waals surface area contributed by atoms with Crippen LogP contribution in [-0.4, -0.2) is 25.4 Å². The molecule has 2 N–H and O–H groups in total. The number of hydrogen-bond acceptors (Lipinski definition) is 5. The summed E-state index contributed by atoms with van der Waals surface area (Å²) in [6.07, 6.45) is 4.72. The Hall–Kier alpha value is -3.62. The zero-order chi connectivity index (χ0) is 19.7. The lowest BCUT2D eigenvalue weighted by Crippen LogP contribution is -2.39. The van der Waals surface area contributed by atoms with Gasteiger partial charge in [-0.15, -0.1) is 0 Å². The fourth-order valence-electron chi connectivity index (χ4n) is 2.84. The molecule has 1 amide bonds. The van der Waals surface area contributed by atoms with E-state index in [1.807, 2.05) is 6.07 Å². The number of nitrogens with zero attached hydrogens (tertiary/aromatic N) is 3. The van der Waals surface area contributed by atoms with E-state index in [0.717, 1.165) is 41.4 Å². The molecule has 0 unspecified atom stereocenters. The summed E-state index contributed by atoms with van der Waals surface area (Å²) >= 11 is 0. The van der Waals surface area contributed by atoms with Crippen molar-refractivity contribution in [2.24, 2.45) is 0 Å². The van der Waals surface area contributed by atoms with Gasteiger partial charge in [-0.1, -0.05) is 0 Å². The number of aromatic nitrogens is 4. The van der Waals surface area contributed by atoms with Crippen LogP contribution < -0.4 is 16.6 Å². The summed E-state index contributed by atoms with van der Waals surface area (Å²) in [6.45, 7) is 0.121. The number of benzene rings is 1. The maximum absolute atomic E-state index is 13.1. The average molecular weight is 381 g/mol. The fraction of sp³-hybridized carbons (Fsp3) is 0.211. The van der Waals surface area contributed by atoms with E-state index < -0.39 is 23.0 Å². The summed E-state index contributed by atoms with van der Waals surface area (Å²) in [6, 6.07) is 6.66. The lowest BCUT2D eigenvalue weighted by Gasteiger charge is -2.08. The van der Waals surface area contributed by atoms with Gasteiger partial charge in [0.25, 0.3) is 11.5 Å². The van der Waals surface area contributed by atoms with Gasteiger partial charge in [0.1, 0.15) is 17.7 Å². The zero-order valence-corrected chi connectivity index (χ0v) is 14.7. The Balaban J connectivity index is 1.57. The van der Waals surface area contributed by atoms with Crippen LogP contribution in [0.15, 0.2) is 52.4 Å². The van der Waals surface area contributed by atoms with Crippen LogP contribution in [0.4, 0.5) is 4.39 Å². The maximum atomic E-state index is 13.1. The predicted octanol–water partition coefficient (Wildman–Crippen LogP) is 1.26. The standard InChI is InChI=1S/C19H16FN5O3/c20-12-3-5-14(6-4-12)25-18(27)15(9-22-19(25)28)17(26)21-8-13-7-16(11-1-2-11)24-10-23-13/h3-7,9-11H,1-2,8H2,(H,21,26)(H,22,28). The van der Waals surface area contributed by atoms with Crippen molar-refractivity contribution < 1.29 is 9.18 Å². The van der Waals surface area contributed by atoms with Crippen LogP contribution in [0, 0.1) is 5.82 Å². The van der Waals surface area contributed by atoms with Crippen LogP contribution in [0.25, 0.3) is 5.69 Å². The first-order valence-corrected chi connectivity index (χ1v) is 8.72. The molecule has 0 aliphatic heterocycles. The molecule has 1 saturated carbocycles. The van der Waals surface area contributed by atoms with Gasteiger partial charge < -0.3 is 10.3 Å². The second-order valence-corrected chi connectivity index (χ2v) is 6.52. The second kappa shape index (κ2) is 7.18. The molecule has 28 heavy (non-hydrogen) atoms. The molecule has 0 radical (unpaired) electrons. The SMILES string of the molecule is O=C(NCc1cc(C2CC2)ncn1)c1c[nH]c(=O)n(-c2ccc(F)cc2)c1=O. The highest BCUT2D eigenvalue weighted by atomic mass is 19.1. The number of carbonyl (C=O) groups is 1. The number of rotatable bonds is 5. The van der Waals surface area contributed by atoms with Crippen LogP contribution in [0.3, 0.4) is 0 Å². The molecule has 1 aliphatic carbocycles. The Bertz CT molecular complexity index is 1150. The maximum Gasteiger partial charge on any atom is 0.333 e. The number of amides is 1. The van der Waals surface area contributed by atoms with Gasteiger partial charge in [-0.05, 0) is 43.2 Å². The summed E-state index contributed by atoms with van der Waals surface area (Å²) in [5.41, 5.74) is -0.0182. The molecule has 4 rings (SSSR count). The van der Waals surface area contributed by atoms with Crippen LogP contribution in [0.5, 0.6) is 0 Å². The Morgan fingerprint density at radius 1 is 1.21 bits per heavy atom. The molecular weight excluding hydrogens is 365 g/mol.